The van der Waals surface area contributed by atoms with Crippen LogP contribution in [0.5, 0.6) is 0 Å². The zero-order chi connectivity index (χ0) is 12.3. The topological polar surface area (TPSA) is 0 Å². The molecule has 0 nitrogen and oxygen atoms in total. The Balaban J connectivity index is 1.82. The minimum Gasteiger partial charge on any atom is -0.127 e. The van der Waals surface area contributed by atoms with Gasteiger partial charge in [-0.1, -0.05) is 43.7 Å². The summed E-state index contributed by atoms with van der Waals surface area (Å²) in [4.78, 5) is 1.24. The lowest BCUT2D eigenvalue weighted by atomic mass is 9.86. The second-order valence-corrected chi connectivity index (χ2v) is 7.37. The average molecular weight is 291 g/mol. The van der Waals surface area contributed by atoms with Gasteiger partial charge in [0.05, 0.1) is 9.71 Å². The first-order valence-corrected chi connectivity index (χ1v) is 8.20. The Kier molecular flexibility index (Phi) is 5.20. The molecule has 1 aromatic heterocycles. The van der Waals surface area contributed by atoms with Crippen LogP contribution in [0.1, 0.15) is 60.8 Å². The van der Waals surface area contributed by atoms with Gasteiger partial charge in [0.25, 0.3) is 0 Å². The van der Waals surface area contributed by atoms with Crippen molar-refractivity contribution >= 4 is 34.5 Å². The second-order valence-electron chi connectivity index (χ2n) is 5.15. The van der Waals surface area contributed by atoms with Crippen molar-refractivity contribution in [3.63, 3.8) is 0 Å². The molecule has 1 unspecified atom stereocenters. The number of thiophene rings is 1. The predicted molar refractivity (Wildman–Crippen MR) is 78.5 cm³/mol. The fourth-order valence-electron chi connectivity index (χ4n) is 2.64. The maximum atomic E-state index is 6.46. The van der Waals surface area contributed by atoms with Gasteiger partial charge >= 0.3 is 0 Å². The maximum absolute atomic E-state index is 6.46. The molecule has 0 aliphatic heterocycles. The Morgan fingerprint density at radius 3 is 2.65 bits per heavy atom. The van der Waals surface area contributed by atoms with Crippen molar-refractivity contribution in [1.29, 1.82) is 0 Å². The summed E-state index contributed by atoms with van der Waals surface area (Å²) < 4.78 is 0.892. The van der Waals surface area contributed by atoms with Crippen molar-refractivity contribution in [2.24, 2.45) is 5.92 Å². The molecule has 1 atom stereocenters. The molecular weight excluding hydrogens is 271 g/mol. The van der Waals surface area contributed by atoms with Crippen LogP contribution in [-0.2, 0) is 0 Å². The molecule has 0 saturated heterocycles. The number of hydrogen-bond acceptors (Lipinski definition) is 1. The molecule has 0 radical (unpaired) electrons. The van der Waals surface area contributed by atoms with E-state index in [1.54, 1.807) is 11.3 Å². The predicted octanol–water partition coefficient (Wildman–Crippen LogP) is 6.35. The van der Waals surface area contributed by atoms with Gasteiger partial charge in [-0.2, -0.15) is 0 Å². The molecule has 1 aliphatic carbocycles. The van der Waals surface area contributed by atoms with Gasteiger partial charge in [0.15, 0.2) is 0 Å². The highest BCUT2D eigenvalue weighted by atomic mass is 35.5. The molecule has 0 amide bonds. The van der Waals surface area contributed by atoms with Crippen LogP contribution in [-0.4, -0.2) is 0 Å². The summed E-state index contributed by atoms with van der Waals surface area (Å²) in [7, 11) is 0. The van der Waals surface area contributed by atoms with Crippen molar-refractivity contribution in [2.75, 3.05) is 0 Å². The Morgan fingerprint density at radius 2 is 2.06 bits per heavy atom. The Hall–Kier alpha value is 0.280. The molecule has 1 heterocycles. The Morgan fingerprint density at radius 1 is 1.35 bits per heavy atom. The van der Waals surface area contributed by atoms with Crippen molar-refractivity contribution in [3.8, 4) is 0 Å². The largest absolute Gasteiger partial charge is 0.127 e. The number of aryl methyl sites for hydroxylation is 1. The normalized spacial score (nSPS) is 19.5. The average Bonchev–Trinajstić information content (AvgIpc) is 2.68. The fourth-order valence-corrected chi connectivity index (χ4v) is 4.19. The van der Waals surface area contributed by atoms with Gasteiger partial charge in [-0.25, -0.2) is 0 Å². The lowest BCUT2D eigenvalue weighted by molar-refractivity contribution is 0.331. The summed E-state index contributed by atoms with van der Waals surface area (Å²) >= 11 is 14.2. The maximum Gasteiger partial charge on any atom is 0.0960 e. The van der Waals surface area contributed by atoms with Crippen LogP contribution in [0.15, 0.2) is 6.07 Å². The zero-order valence-corrected chi connectivity index (χ0v) is 12.7. The third-order valence-electron chi connectivity index (χ3n) is 3.74. The first-order chi connectivity index (χ1) is 8.16. The molecule has 1 aromatic rings. The van der Waals surface area contributed by atoms with Crippen LogP contribution < -0.4 is 0 Å². The SMILES string of the molecule is Cc1cc(C(Cl)CCC2CCCCC2)sc1Cl. The highest BCUT2D eigenvalue weighted by molar-refractivity contribution is 7.16. The molecule has 1 fully saturated rings. The van der Waals surface area contributed by atoms with Crippen LogP contribution in [0, 0.1) is 12.8 Å². The van der Waals surface area contributed by atoms with Gasteiger partial charge in [0.2, 0.25) is 0 Å². The molecule has 0 spiro atoms. The summed E-state index contributed by atoms with van der Waals surface area (Å²) in [6, 6.07) is 2.14. The summed E-state index contributed by atoms with van der Waals surface area (Å²) in [6.07, 6.45) is 9.47. The molecule has 0 bridgehead atoms. The van der Waals surface area contributed by atoms with Crippen molar-refractivity contribution in [1.82, 2.24) is 0 Å². The van der Waals surface area contributed by atoms with Gasteiger partial charge in [-0.15, -0.1) is 22.9 Å². The number of alkyl halides is 1. The van der Waals surface area contributed by atoms with Gasteiger partial charge in [-0.3, -0.25) is 0 Å². The van der Waals surface area contributed by atoms with Crippen molar-refractivity contribution < 1.29 is 0 Å². The first kappa shape index (κ1) is 13.7. The number of rotatable bonds is 4. The standard InChI is InChI=1S/C14H20Cl2S/c1-10-9-13(17-14(10)16)12(15)8-7-11-5-3-2-4-6-11/h9,11-12H,2-8H2,1H3. The van der Waals surface area contributed by atoms with Crippen LogP contribution in [0.25, 0.3) is 0 Å². The molecule has 2 rings (SSSR count). The molecule has 3 heteroatoms. The molecule has 17 heavy (non-hydrogen) atoms. The monoisotopic (exact) mass is 290 g/mol. The van der Waals surface area contributed by atoms with Crippen molar-refractivity contribution in [2.45, 2.75) is 57.2 Å². The summed E-state index contributed by atoms with van der Waals surface area (Å²) in [5.41, 5.74) is 1.16. The minimum absolute atomic E-state index is 0.160. The van der Waals surface area contributed by atoms with Crippen molar-refractivity contribution in [3.05, 3.63) is 20.8 Å². The van der Waals surface area contributed by atoms with E-state index in [0.29, 0.717) is 0 Å². The van der Waals surface area contributed by atoms with E-state index >= 15 is 0 Å². The third-order valence-corrected chi connectivity index (χ3v) is 5.99. The van der Waals surface area contributed by atoms with Gasteiger partial charge in [-0.05, 0) is 37.3 Å². The smallest absolute Gasteiger partial charge is 0.0960 e. The Labute approximate surface area is 118 Å². The van der Waals surface area contributed by atoms with E-state index in [-0.39, 0.29) is 5.38 Å². The van der Waals surface area contributed by atoms with E-state index in [0.717, 1.165) is 22.2 Å². The van der Waals surface area contributed by atoms with Gasteiger partial charge in [0, 0.05) is 4.88 Å². The summed E-state index contributed by atoms with van der Waals surface area (Å²) in [6.45, 7) is 2.05. The van der Waals surface area contributed by atoms with E-state index in [4.69, 9.17) is 23.2 Å². The molecule has 96 valence electrons. The summed E-state index contributed by atoms with van der Waals surface area (Å²) in [5, 5.41) is 0.160. The highest BCUT2D eigenvalue weighted by Crippen LogP contribution is 2.38. The van der Waals surface area contributed by atoms with E-state index in [9.17, 15) is 0 Å². The van der Waals surface area contributed by atoms with Gasteiger partial charge in [0.1, 0.15) is 0 Å². The summed E-state index contributed by atoms with van der Waals surface area (Å²) in [5.74, 6) is 0.918. The molecule has 1 aliphatic rings. The fraction of sp³-hybridized carbons (Fsp3) is 0.714. The van der Waals surface area contributed by atoms with E-state index in [2.05, 4.69) is 6.07 Å². The molecule has 0 N–H and O–H groups in total. The van der Waals surface area contributed by atoms with E-state index in [1.165, 1.54) is 43.4 Å². The van der Waals surface area contributed by atoms with Gasteiger partial charge < -0.3 is 0 Å². The molecular formula is C14H20Cl2S. The highest BCUT2D eigenvalue weighted by Gasteiger charge is 2.17. The molecule has 0 aromatic carbocycles. The van der Waals surface area contributed by atoms with E-state index < -0.39 is 0 Å². The third kappa shape index (κ3) is 3.87. The quantitative estimate of drug-likeness (QED) is 0.567. The van der Waals surface area contributed by atoms with E-state index in [1.807, 2.05) is 6.92 Å². The zero-order valence-electron chi connectivity index (χ0n) is 10.3. The lowest BCUT2D eigenvalue weighted by Crippen LogP contribution is -2.06. The molecule has 1 saturated carbocycles. The lowest BCUT2D eigenvalue weighted by Gasteiger charge is -2.22. The first-order valence-electron chi connectivity index (χ1n) is 6.56. The second kappa shape index (κ2) is 6.45. The van der Waals surface area contributed by atoms with Crippen LogP contribution >= 0.6 is 34.5 Å². The Bertz CT molecular complexity index is 334. The van der Waals surface area contributed by atoms with Crippen LogP contribution in [0.2, 0.25) is 4.34 Å². The minimum atomic E-state index is 0.160. The van der Waals surface area contributed by atoms with Crippen LogP contribution in [0.4, 0.5) is 0 Å². The number of halogens is 2. The number of hydrogen-bond donors (Lipinski definition) is 0. The van der Waals surface area contributed by atoms with Crippen LogP contribution in [0.3, 0.4) is 0 Å².